The molecule has 0 spiro atoms. The Morgan fingerprint density at radius 1 is 1.57 bits per heavy atom. The fourth-order valence-electron chi connectivity index (χ4n) is 1.60. The molecule has 1 aromatic heterocycles. The van der Waals surface area contributed by atoms with E-state index in [0.29, 0.717) is 5.69 Å². The molecular weight excluding hydrogens is 176 g/mol. The van der Waals surface area contributed by atoms with E-state index in [4.69, 9.17) is 11.1 Å². The van der Waals surface area contributed by atoms with Gasteiger partial charge in [0, 0.05) is 11.5 Å². The second-order valence-corrected chi connectivity index (χ2v) is 3.27. The monoisotopic (exact) mass is 188 g/mol. The van der Waals surface area contributed by atoms with Gasteiger partial charge in [0.05, 0.1) is 6.20 Å². The predicted octanol–water partition coefficient (Wildman–Crippen LogP) is 1.29. The van der Waals surface area contributed by atoms with Crippen molar-refractivity contribution in [2.24, 2.45) is 5.73 Å². The quantitative estimate of drug-likeness (QED) is 0.483. The molecule has 0 fully saturated rings. The van der Waals surface area contributed by atoms with Crippen molar-refractivity contribution in [1.82, 2.24) is 10.2 Å². The van der Waals surface area contributed by atoms with Crippen LogP contribution in [0.4, 0.5) is 0 Å². The topological polar surface area (TPSA) is 78.5 Å². The van der Waals surface area contributed by atoms with Gasteiger partial charge in [0.1, 0.15) is 11.5 Å². The molecule has 1 aromatic rings. The molecule has 0 aliphatic heterocycles. The molecule has 4 nitrogen and oxygen atoms in total. The summed E-state index contributed by atoms with van der Waals surface area (Å²) in [5.41, 5.74) is 7.07. The van der Waals surface area contributed by atoms with E-state index in [1.54, 1.807) is 6.20 Å². The lowest BCUT2D eigenvalue weighted by Gasteiger charge is -2.12. The number of nitrogens with one attached hydrogen (secondary N) is 2. The van der Waals surface area contributed by atoms with Gasteiger partial charge in [-0.05, 0) is 6.42 Å². The van der Waals surface area contributed by atoms with Crippen LogP contribution in [0.2, 0.25) is 0 Å². The summed E-state index contributed by atoms with van der Waals surface area (Å²) in [6.07, 6.45) is 10.9. The Kier molecular flexibility index (Phi) is 2.18. The van der Waals surface area contributed by atoms with Crippen molar-refractivity contribution >= 4 is 5.84 Å². The average molecular weight is 188 g/mol. The second kappa shape index (κ2) is 3.49. The Morgan fingerprint density at radius 3 is 3.07 bits per heavy atom. The highest BCUT2D eigenvalue weighted by Gasteiger charge is 2.16. The van der Waals surface area contributed by atoms with Gasteiger partial charge in [-0.2, -0.15) is 5.10 Å². The highest BCUT2D eigenvalue weighted by atomic mass is 15.1. The summed E-state index contributed by atoms with van der Waals surface area (Å²) in [4.78, 5) is 0. The van der Waals surface area contributed by atoms with Crippen LogP contribution in [0.1, 0.15) is 23.6 Å². The van der Waals surface area contributed by atoms with Gasteiger partial charge in [0.15, 0.2) is 0 Å². The zero-order valence-electron chi connectivity index (χ0n) is 7.70. The normalized spacial score (nSPS) is 19.9. The molecule has 1 aliphatic carbocycles. The molecule has 1 aliphatic rings. The second-order valence-electron chi connectivity index (χ2n) is 3.27. The molecule has 4 N–H and O–H groups in total. The first-order chi connectivity index (χ1) is 6.79. The standard InChI is InChI=1S/C10H12N4/c11-10(12)9-8(6-13-14-9)7-4-2-1-3-5-7/h1-4,6-7H,5H2,(H3,11,12)(H,13,14). The summed E-state index contributed by atoms with van der Waals surface area (Å²) in [7, 11) is 0. The van der Waals surface area contributed by atoms with Crippen molar-refractivity contribution in [3.8, 4) is 0 Å². The van der Waals surface area contributed by atoms with Crippen molar-refractivity contribution in [3.05, 3.63) is 41.8 Å². The first kappa shape index (κ1) is 8.74. The van der Waals surface area contributed by atoms with Crippen LogP contribution >= 0.6 is 0 Å². The van der Waals surface area contributed by atoms with Gasteiger partial charge in [-0.3, -0.25) is 10.5 Å². The Morgan fingerprint density at radius 2 is 2.43 bits per heavy atom. The number of hydrogen-bond donors (Lipinski definition) is 3. The molecule has 2 rings (SSSR count). The molecular formula is C10H12N4. The van der Waals surface area contributed by atoms with E-state index in [0.717, 1.165) is 12.0 Å². The zero-order chi connectivity index (χ0) is 9.97. The molecule has 0 aromatic carbocycles. The minimum Gasteiger partial charge on any atom is -0.382 e. The van der Waals surface area contributed by atoms with E-state index in [2.05, 4.69) is 22.3 Å². The summed E-state index contributed by atoms with van der Waals surface area (Å²) in [6, 6.07) is 0. The third-order valence-corrected chi connectivity index (χ3v) is 2.32. The van der Waals surface area contributed by atoms with Gasteiger partial charge < -0.3 is 5.73 Å². The summed E-state index contributed by atoms with van der Waals surface area (Å²) in [5, 5.41) is 14.0. The summed E-state index contributed by atoms with van der Waals surface area (Å²) in [5.74, 6) is 0.332. The first-order valence-electron chi connectivity index (χ1n) is 4.50. The number of allylic oxidation sites excluding steroid dienone is 4. The predicted molar refractivity (Wildman–Crippen MR) is 55.2 cm³/mol. The summed E-state index contributed by atoms with van der Waals surface area (Å²) in [6.45, 7) is 0. The molecule has 0 bridgehead atoms. The Balaban J connectivity index is 2.32. The number of aromatic nitrogens is 2. The third-order valence-electron chi connectivity index (χ3n) is 2.32. The van der Waals surface area contributed by atoms with Gasteiger partial charge in [0.25, 0.3) is 0 Å². The van der Waals surface area contributed by atoms with Gasteiger partial charge in [-0.25, -0.2) is 0 Å². The van der Waals surface area contributed by atoms with Crippen LogP contribution in [-0.4, -0.2) is 16.0 Å². The maximum atomic E-state index is 7.38. The number of aromatic amines is 1. The Labute approximate surface area is 82.0 Å². The minimum absolute atomic E-state index is 0.0421. The van der Waals surface area contributed by atoms with Crippen LogP contribution in [0.3, 0.4) is 0 Å². The van der Waals surface area contributed by atoms with Gasteiger partial charge in [-0.15, -0.1) is 0 Å². The highest BCUT2D eigenvalue weighted by Crippen LogP contribution is 2.25. The van der Waals surface area contributed by atoms with Crippen molar-refractivity contribution < 1.29 is 0 Å². The fraction of sp³-hybridized carbons (Fsp3) is 0.200. The summed E-state index contributed by atoms with van der Waals surface area (Å²) >= 11 is 0. The SMILES string of the molecule is N=C(N)c1[nH]ncc1C1C=CC=CC1. The van der Waals surface area contributed by atoms with Gasteiger partial charge >= 0.3 is 0 Å². The van der Waals surface area contributed by atoms with Crippen LogP contribution in [-0.2, 0) is 0 Å². The van der Waals surface area contributed by atoms with Crippen molar-refractivity contribution in [1.29, 1.82) is 5.41 Å². The molecule has 0 saturated carbocycles. The Bertz CT molecular complexity index is 400. The highest BCUT2D eigenvalue weighted by molar-refractivity contribution is 5.94. The van der Waals surface area contributed by atoms with E-state index in [1.807, 2.05) is 12.2 Å². The van der Waals surface area contributed by atoms with Crippen LogP contribution < -0.4 is 5.73 Å². The number of nitrogens with zero attached hydrogens (tertiary/aromatic N) is 1. The van der Waals surface area contributed by atoms with E-state index in [9.17, 15) is 0 Å². The summed E-state index contributed by atoms with van der Waals surface area (Å²) < 4.78 is 0. The lowest BCUT2D eigenvalue weighted by Crippen LogP contribution is -2.15. The van der Waals surface area contributed by atoms with Crippen LogP contribution in [0.5, 0.6) is 0 Å². The molecule has 0 radical (unpaired) electrons. The average Bonchev–Trinajstić information content (AvgIpc) is 2.67. The number of H-pyrrole nitrogens is 1. The first-order valence-corrected chi connectivity index (χ1v) is 4.50. The van der Waals surface area contributed by atoms with Crippen molar-refractivity contribution in [2.75, 3.05) is 0 Å². The fourth-order valence-corrected chi connectivity index (χ4v) is 1.60. The molecule has 1 unspecified atom stereocenters. The number of nitrogen functional groups attached to an aromatic ring is 1. The van der Waals surface area contributed by atoms with E-state index < -0.39 is 0 Å². The molecule has 14 heavy (non-hydrogen) atoms. The van der Waals surface area contributed by atoms with Gasteiger partial charge in [-0.1, -0.05) is 24.3 Å². The Hall–Kier alpha value is -1.84. The van der Waals surface area contributed by atoms with Crippen LogP contribution in [0.15, 0.2) is 30.5 Å². The number of rotatable bonds is 2. The smallest absolute Gasteiger partial charge is 0.141 e. The maximum absolute atomic E-state index is 7.38. The van der Waals surface area contributed by atoms with E-state index in [-0.39, 0.29) is 11.8 Å². The van der Waals surface area contributed by atoms with Crippen LogP contribution in [0.25, 0.3) is 0 Å². The number of nitrogens with two attached hydrogens (primary N) is 1. The third kappa shape index (κ3) is 1.46. The lowest BCUT2D eigenvalue weighted by molar-refractivity contribution is 0.852. The maximum Gasteiger partial charge on any atom is 0.141 e. The molecule has 0 saturated heterocycles. The zero-order valence-corrected chi connectivity index (χ0v) is 7.70. The minimum atomic E-state index is 0.0421. The molecule has 72 valence electrons. The molecule has 1 heterocycles. The van der Waals surface area contributed by atoms with Crippen LogP contribution in [0, 0.1) is 5.41 Å². The van der Waals surface area contributed by atoms with E-state index >= 15 is 0 Å². The molecule has 0 amide bonds. The molecule has 1 atom stereocenters. The largest absolute Gasteiger partial charge is 0.382 e. The van der Waals surface area contributed by atoms with Gasteiger partial charge in [0.2, 0.25) is 0 Å². The number of hydrogen-bond acceptors (Lipinski definition) is 2. The number of amidine groups is 1. The van der Waals surface area contributed by atoms with E-state index in [1.165, 1.54) is 0 Å². The lowest BCUT2D eigenvalue weighted by atomic mass is 9.93. The molecule has 4 heteroatoms. The van der Waals surface area contributed by atoms with Crippen molar-refractivity contribution in [3.63, 3.8) is 0 Å². The van der Waals surface area contributed by atoms with Crippen molar-refractivity contribution in [2.45, 2.75) is 12.3 Å².